The minimum Gasteiger partial charge on any atom is -0.478 e. The zero-order valence-corrected chi connectivity index (χ0v) is 18.0. The van der Waals surface area contributed by atoms with Crippen molar-refractivity contribution in [3.8, 4) is 6.07 Å². The normalized spacial score (nSPS) is 10.6. The quantitative estimate of drug-likeness (QED) is 0.184. The van der Waals surface area contributed by atoms with Crippen molar-refractivity contribution in [1.82, 2.24) is 4.57 Å². The molecule has 11 nitrogen and oxygen atoms in total. The van der Waals surface area contributed by atoms with Gasteiger partial charge < -0.3 is 24.5 Å². The van der Waals surface area contributed by atoms with Crippen LogP contribution in [0.5, 0.6) is 0 Å². The lowest BCUT2D eigenvalue weighted by Gasteiger charge is -2.09. The Hall–Kier alpha value is -4.27. The Morgan fingerprint density at radius 3 is 2.67 bits per heavy atom. The topological polar surface area (TPSA) is 146 Å². The molecule has 0 spiro atoms. The van der Waals surface area contributed by atoms with Crippen LogP contribution in [0, 0.1) is 16.2 Å². The largest absolute Gasteiger partial charge is 0.478 e. The molecule has 0 aliphatic carbocycles. The number of fused-ring (bicyclic) bond motifs is 1. The van der Waals surface area contributed by atoms with E-state index in [0.717, 1.165) is 5.39 Å². The average Bonchev–Trinajstić information content (AvgIpc) is 3.13. The number of benzene rings is 2. The molecule has 2 aromatic carbocycles. The summed E-state index contributed by atoms with van der Waals surface area (Å²) in [4.78, 5) is 36.9. The fraction of sp³-hybridized carbons (Fsp3) is 0.227. The summed E-state index contributed by atoms with van der Waals surface area (Å²) in [6.07, 6.45) is 0. The number of aryl methyl sites for hydroxylation is 1. The number of amides is 1. The molecule has 1 amide bonds. The molecule has 0 unspecified atom stereocenters. The number of hydrogen-bond donors (Lipinski definition) is 3. The first-order valence-electron chi connectivity index (χ1n) is 9.80. The van der Waals surface area contributed by atoms with Crippen LogP contribution in [-0.2, 0) is 16.5 Å². The molecule has 3 rings (SSSR count). The first-order valence-corrected chi connectivity index (χ1v) is 9.80. The van der Waals surface area contributed by atoms with Crippen molar-refractivity contribution in [2.24, 2.45) is 7.05 Å². The van der Waals surface area contributed by atoms with Gasteiger partial charge in [0.05, 0.1) is 46.5 Å². The Morgan fingerprint density at radius 2 is 1.97 bits per heavy atom. The zero-order valence-electron chi connectivity index (χ0n) is 18.0. The van der Waals surface area contributed by atoms with Gasteiger partial charge in [0.15, 0.2) is 0 Å². The predicted octanol–water partition coefficient (Wildman–Crippen LogP) is 2.73. The first-order chi connectivity index (χ1) is 15.8. The number of carbonyl (C=O) groups is 2. The number of nitroso groups, excluding NO2 is 1. The van der Waals surface area contributed by atoms with Crippen molar-refractivity contribution in [3.63, 3.8) is 0 Å². The molecule has 1 heterocycles. The van der Waals surface area contributed by atoms with Crippen LogP contribution < -0.4 is 10.7 Å². The molecule has 0 bridgehead atoms. The van der Waals surface area contributed by atoms with Crippen molar-refractivity contribution in [3.05, 3.63) is 64.2 Å². The van der Waals surface area contributed by atoms with Crippen LogP contribution in [0.25, 0.3) is 10.9 Å². The highest BCUT2D eigenvalue weighted by atomic mass is 16.5. The highest BCUT2D eigenvalue weighted by Crippen LogP contribution is 2.24. The third-order valence-corrected chi connectivity index (χ3v) is 4.80. The summed E-state index contributed by atoms with van der Waals surface area (Å²) < 4.78 is 11.6. The molecule has 0 aliphatic rings. The smallest absolute Gasteiger partial charge is 0.337 e. The number of aromatic nitrogens is 1. The van der Waals surface area contributed by atoms with Gasteiger partial charge in [-0.15, -0.1) is 5.43 Å². The van der Waals surface area contributed by atoms with E-state index in [2.05, 4.69) is 10.7 Å². The van der Waals surface area contributed by atoms with E-state index in [1.165, 1.54) is 25.3 Å². The van der Waals surface area contributed by atoms with E-state index in [4.69, 9.17) is 14.7 Å². The number of carbonyl (C=O) groups excluding carboxylic acids is 1. The summed E-state index contributed by atoms with van der Waals surface area (Å²) in [6.45, 7) is 0.470. The molecule has 0 atom stereocenters. The van der Waals surface area contributed by atoms with E-state index in [9.17, 15) is 19.6 Å². The summed E-state index contributed by atoms with van der Waals surface area (Å²) >= 11 is 0. The van der Waals surface area contributed by atoms with Crippen LogP contribution in [-0.4, -0.2) is 53.5 Å². The second-order valence-electron chi connectivity index (χ2n) is 7.01. The second-order valence-corrected chi connectivity index (χ2v) is 7.01. The summed E-state index contributed by atoms with van der Waals surface area (Å²) in [5.41, 5.74) is 4.18. The number of hydrazine groups is 1. The van der Waals surface area contributed by atoms with Crippen molar-refractivity contribution in [2.75, 3.05) is 37.8 Å². The second kappa shape index (κ2) is 10.4. The maximum atomic E-state index is 12.9. The Morgan fingerprint density at radius 1 is 1.18 bits per heavy atom. The third-order valence-electron chi connectivity index (χ3n) is 4.80. The van der Waals surface area contributed by atoms with Crippen LogP contribution in [0.4, 0.5) is 11.4 Å². The molecule has 3 N–H and O–H groups in total. The molecule has 0 radical (unpaired) electrons. The summed E-state index contributed by atoms with van der Waals surface area (Å²) in [7, 11) is 3.22. The summed E-state index contributed by atoms with van der Waals surface area (Å²) in [5.74, 6) is -1.78. The van der Waals surface area contributed by atoms with Gasteiger partial charge in [0.1, 0.15) is 16.3 Å². The molecule has 0 fully saturated rings. The standard InChI is InChI=1S/C22H21N5O6/c1-26-19-11-16(25-27(31)13-33-8-7-32-2)5-4-15(19)10-20(26)21(28)24-18-6-3-14(12-23)9-17(18)22(29)30/h3-6,9-11H,7-8,13H2,1-2H3,(H2-,24,25,28,29,30,31)/p+1. The van der Waals surface area contributed by atoms with E-state index in [-0.39, 0.29) is 35.8 Å². The van der Waals surface area contributed by atoms with E-state index in [0.29, 0.717) is 22.7 Å². The van der Waals surface area contributed by atoms with Gasteiger partial charge >= 0.3 is 12.7 Å². The van der Waals surface area contributed by atoms with Gasteiger partial charge in [0.2, 0.25) is 0 Å². The van der Waals surface area contributed by atoms with Crippen LogP contribution in [0.15, 0.2) is 42.5 Å². The number of carboxylic acid groups (broad SMARTS) is 1. The fourth-order valence-electron chi connectivity index (χ4n) is 3.17. The Labute approximate surface area is 188 Å². The number of aromatic carboxylic acids is 1. The van der Waals surface area contributed by atoms with Gasteiger partial charge in [-0.3, -0.25) is 4.79 Å². The van der Waals surface area contributed by atoms with Crippen LogP contribution >= 0.6 is 0 Å². The lowest BCUT2D eigenvalue weighted by atomic mass is 10.1. The summed E-state index contributed by atoms with van der Waals surface area (Å²) in [5, 5.41) is 21.7. The number of carboxylic acids is 1. The minimum absolute atomic E-state index is 0.0783. The third kappa shape index (κ3) is 5.51. The van der Waals surface area contributed by atoms with Crippen LogP contribution in [0.3, 0.4) is 0 Å². The van der Waals surface area contributed by atoms with Gasteiger partial charge in [0, 0.05) is 19.5 Å². The molecule has 170 valence electrons. The van der Waals surface area contributed by atoms with E-state index >= 15 is 0 Å². The van der Waals surface area contributed by atoms with Crippen LogP contribution in [0.1, 0.15) is 26.4 Å². The number of ether oxygens (including phenoxy) is 2. The lowest BCUT2D eigenvalue weighted by Crippen LogP contribution is -2.20. The molecule has 0 aliphatic heterocycles. The molecular weight excluding hydrogens is 430 g/mol. The molecular formula is C22H22N5O6+. The minimum atomic E-state index is -1.26. The predicted molar refractivity (Wildman–Crippen MR) is 119 cm³/mol. The van der Waals surface area contributed by atoms with Gasteiger partial charge in [-0.1, -0.05) is 6.07 Å². The molecule has 11 heteroatoms. The number of nitrogens with one attached hydrogen (secondary N) is 2. The number of nitrogens with zero attached hydrogens (tertiary/aromatic N) is 3. The van der Waals surface area contributed by atoms with E-state index < -0.39 is 11.9 Å². The van der Waals surface area contributed by atoms with E-state index in [1.807, 2.05) is 6.07 Å². The maximum Gasteiger partial charge on any atom is 0.337 e. The molecule has 3 aromatic rings. The monoisotopic (exact) mass is 452 g/mol. The molecule has 0 saturated heterocycles. The Balaban J connectivity index is 1.79. The Bertz CT molecular complexity index is 1260. The molecule has 0 saturated carbocycles. The maximum absolute atomic E-state index is 12.9. The number of nitriles is 1. The number of rotatable bonds is 10. The zero-order chi connectivity index (χ0) is 24.0. The number of methoxy groups -OCH3 is 1. The van der Waals surface area contributed by atoms with E-state index in [1.54, 1.807) is 35.9 Å². The van der Waals surface area contributed by atoms with Gasteiger partial charge in [-0.2, -0.15) is 5.26 Å². The van der Waals surface area contributed by atoms with Crippen molar-refractivity contribution >= 4 is 34.2 Å². The van der Waals surface area contributed by atoms with Gasteiger partial charge in [-0.05, 0) is 36.4 Å². The highest BCUT2D eigenvalue weighted by molar-refractivity contribution is 6.09. The van der Waals surface area contributed by atoms with Gasteiger partial charge in [0.25, 0.3) is 5.91 Å². The number of anilines is 2. The fourth-order valence-corrected chi connectivity index (χ4v) is 3.17. The first kappa shape index (κ1) is 23.4. The number of hydrogen-bond acceptors (Lipinski definition) is 6. The summed E-state index contributed by atoms with van der Waals surface area (Å²) in [6, 6.07) is 12.7. The van der Waals surface area contributed by atoms with Crippen molar-refractivity contribution in [2.45, 2.75) is 0 Å². The van der Waals surface area contributed by atoms with Gasteiger partial charge in [-0.25, -0.2) is 4.79 Å². The van der Waals surface area contributed by atoms with Crippen molar-refractivity contribution in [1.29, 1.82) is 5.26 Å². The Kier molecular flexibility index (Phi) is 7.34. The lowest BCUT2D eigenvalue weighted by molar-refractivity contribution is -0.560. The van der Waals surface area contributed by atoms with Crippen molar-refractivity contribution < 1.29 is 29.0 Å². The van der Waals surface area contributed by atoms with Crippen LogP contribution in [0.2, 0.25) is 0 Å². The molecule has 33 heavy (non-hydrogen) atoms. The molecule has 1 aromatic heterocycles. The average molecular weight is 452 g/mol. The SMILES string of the molecule is COCCOC[N+](=O)Nc1ccc2cc(C(=O)Nc3ccc(C#N)cc3C(=O)O)n(C)c2c1. The highest BCUT2D eigenvalue weighted by Gasteiger charge is 2.18.